The first-order valence-electron chi connectivity index (χ1n) is 9.40. The smallest absolute Gasteiger partial charge is 0.289 e. The zero-order valence-electron chi connectivity index (χ0n) is 16.5. The minimum absolute atomic E-state index is 0.0513. The van der Waals surface area contributed by atoms with E-state index >= 15 is 0 Å². The number of aliphatic imine (C=N–C) groups is 1. The first-order valence-corrected chi connectivity index (χ1v) is 9.78. The second kappa shape index (κ2) is 8.74. The molecule has 0 aromatic heterocycles. The number of benzene rings is 1. The van der Waals surface area contributed by atoms with Gasteiger partial charge < -0.3 is 15.4 Å². The second-order valence-corrected chi connectivity index (χ2v) is 7.73. The average molecular weight is 393 g/mol. The molecule has 1 heterocycles. The molecule has 7 heteroatoms. The van der Waals surface area contributed by atoms with Crippen LogP contribution in [0.15, 0.2) is 29.3 Å². The van der Waals surface area contributed by atoms with E-state index in [0.717, 1.165) is 6.54 Å². The number of ether oxygens (including phenoxy) is 1. The molecule has 1 saturated heterocycles. The third kappa shape index (κ3) is 5.01. The summed E-state index contributed by atoms with van der Waals surface area (Å²) in [7, 11) is 0. The van der Waals surface area contributed by atoms with Crippen molar-refractivity contribution in [1.82, 2.24) is 4.90 Å². The molecule has 2 atom stereocenters. The van der Waals surface area contributed by atoms with Gasteiger partial charge in [-0.1, -0.05) is 31.9 Å². The minimum atomic E-state index is -0.624. The van der Waals surface area contributed by atoms with Crippen molar-refractivity contribution in [2.24, 2.45) is 16.1 Å². The Morgan fingerprint density at radius 2 is 1.96 bits per heavy atom. The lowest BCUT2D eigenvalue weighted by Crippen LogP contribution is -2.60. The van der Waals surface area contributed by atoms with Crippen LogP contribution in [-0.2, 0) is 9.53 Å². The van der Waals surface area contributed by atoms with Crippen LogP contribution in [0.4, 0.5) is 0 Å². The molecule has 1 amide bonds. The molecule has 2 fully saturated rings. The predicted octanol–water partition coefficient (Wildman–Crippen LogP) is 3.81. The molecule has 3 N–H and O–H groups in total. The molecule has 3 rings (SSSR count). The highest BCUT2D eigenvalue weighted by Crippen LogP contribution is 2.57. The summed E-state index contributed by atoms with van der Waals surface area (Å²) in [5, 5.41) is 8.46. The summed E-state index contributed by atoms with van der Waals surface area (Å²) in [6.45, 7) is 8.84. The lowest BCUT2D eigenvalue weighted by molar-refractivity contribution is -0.145. The normalized spacial score (nSPS) is 20.9. The van der Waals surface area contributed by atoms with E-state index in [9.17, 15) is 4.79 Å². The van der Waals surface area contributed by atoms with E-state index in [-0.39, 0.29) is 23.9 Å². The van der Waals surface area contributed by atoms with Gasteiger partial charge in [-0.2, -0.15) is 0 Å². The number of hydrogen-bond acceptors (Lipinski definition) is 4. The van der Waals surface area contributed by atoms with Gasteiger partial charge in [-0.25, -0.2) is 4.99 Å². The minimum Gasteiger partial charge on any atom is -0.407 e. The SMILES string of the molecule is CC1N(C(=O)[C@@H](C)N=C(N)OC(=N)c2ccc(Cl)cc2)CC12CC2.CCC. The molecule has 1 spiro atoms. The van der Waals surface area contributed by atoms with Gasteiger partial charge in [0, 0.05) is 28.6 Å². The molecule has 0 radical (unpaired) electrons. The molecule has 6 nitrogen and oxygen atoms in total. The maximum Gasteiger partial charge on any atom is 0.289 e. The Morgan fingerprint density at radius 1 is 1.41 bits per heavy atom. The van der Waals surface area contributed by atoms with Gasteiger partial charge in [0.2, 0.25) is 11.8 Å². The summed E-state index contributed by atoms with van der Waals surface area (Å²) in [5.74, 6) is -0.189. The Bertz CT molecular complexity index is 713. The van der Waals surface area contributed by atoms with Crippen LogP contribution in [0.3, 0.4) is 0 Å². The van der Waals surface area contributed by atoms with Crippen LogP contribution in [0.2, 0.25) is 5.02 Å². The van der Waals surface area contributed by atoms with Crippen LogP contribution in [0.25, 0.3) is 0 Å². The van der Waals surface area contributed by atoms with E-state index in [4.69, 9.17) is 27.5 Å². The molecule has 2 aliphatic rings. The predicted molar refractivity (Wildman–Crippen MR) is 109 cm³/mol. The lowest BCUT2D eigenvalue weighted by Gasteiger charge is -2.48. The van der Waals surface area contributed by atoms with E-state index in [2.05, 4.69) is 25.8 Å². The van der Waals surface area contributed by atoms with Crippen molar-refractivity contribution in [1.29, 1.82) is 5.41 Å². The van der Waals surface area contributed by atoms with Crippen LogP contribution in [0.5, 0.6) is 0 Å². The Labute approximate surface area is 166 Å². The molecule has 1 saturated carbocycles. The number of rotatable bonds is 3. The molecule has 148 valence electrons. The van der Waals surface area contributed by atoms with Crippen LogP contribution in [-0.4, -0.2) is 41.4 Å². The fraction of sp³-hybridized carbons (Fsp3) is 0.550. The van der Waals surface area contributed by atoms with E-state index in [1.165, 1.54) is 19.3 Å². The van der Waals surface area contributed by atoms with Gasteiger partial charge in [-0.15, -0.1) is 0 Å². The Hall–Kier alpha value is -2.08. The molecule has 1 aliphatic carbocycles. The van der Waals surface area contributed by atoms with E-state index in [1.807, 2.05) is 4.90 Å². The van der Waals surface area contributed by atoms with Crippen LogP contribution < -0.4 is 5.73 Å². The molecule has 1 aliphatic heterocycles. The van der Waals surface area contributed by atoms with Gasteiger partial charge in [0.15, 0.2) is 0 Å². The van der Waals surface area contributed by atoms with Crippen molar-refractivity contribution in [3.05, 3.63) is 34.9 Å². The maximum absolute atomic E-state index is 12.4. The first-order chi connectivity index (χ1) is 12.7. The molecule has 27 heavy (non-hydrogen) atoms. The van der Waals surface area contributed by atoms with Gasteiger partial charge in [0.25, 0.3) is 6.02 Å². The van der Waals surface area contributed by atoms with Crippen LogP contribution >= 0.6 is 11.6 Å². The van der Waals surface area contributed by atoms with Crippen molar-refractivity contribution in [2.45, 2.75) is 59.0 Å². The number of amides is 1. The van der Waals surface area contributed by atoms with Gasteiger partial charge in [0.1, 0.15) is 6.04 Å². The van der Waals surface area contributed by atoms with E-state index in [1.54, 1.807) is 31.2 Å². The number of likely N-dealkylation sites (tertiary alicyclic amines) is 1. The topological polar surface area (TPSA) is 91.8 Å². The number of nitrogens with zero attached hydrogens (tertiary/aromatic N) is 2. The fourth-order valence-corrected chi connectivity index (χ4v) is 3.23. The third-order valence-corrected chi connectivity index (χ3v) is 5.26. The Kier molecular flexibility index (Phi) is 6.87. The summed E-state index contributed by atoms with van der Waals surface area (Å²) >= 11 is 5.81. The van der Waals surface area contributed by atoms with Gasteiger partial charge in [-0.05, 0) is 51.0 Å². The highest BCUT2D eigenvalue weighted by molar-refractivity contribution is 6.30. The lowest BCUT2D eigenvalue weighted by atomic mass is 9.86. The van der Waals surface area contributed by atoms with E-state index in [0.29, 0.717) is 16.0 Å². The summed E-state index contributed by atoms with van der Waals surface area (Å²) in [5.41, 5.74) is 6.63. The molecule has 1 aromatic rings. The summed E-state index contributed by atoms with van der Waals surface area (Å²) in [6, 6.07) is 6.09. The Balaban J connectivity index is 0.000000817. The molecular weight excluding hydrogens is 364 g/mol. The van der Waals surface area contributed by atoms with Gasteiger partial charge in [0.05, 0.1) is 0 Å². The Morgan fingerprint density at radius 3 is 2.44 bits per heavy atom. The number of carbonyl (C=O) groups excluding carboxylic acids is 1. The van der Waals surface area contributed by atoms with Crippen molar-refractivity contribution in [3.8, 4) is 0 Å². The van der Waals surface area contributed by atoms with Gasteiger partial charge in [-0.3, -0.25) is 10.2 Å². The van der Waals surface area contributed by atoms with Crippen LogP contribution in [0.1, 0.15) is 52.5 Å². The molecular formula is C20H29ClN4O2. The van der Waals surface area contributed by atoms with Crippen molar-refractivity contribution in [2.75, 3.05) is 6.54 Å². The number of hydrogen-bond donors (Lipinski definition) is 2. The standard InChI is InChI=1S/C17H21ClN4O2.C3H8/c1-10(15(23)22-9-17(7-8-17)11(22)2)21-16(20)24-14(19)12-3-5-13(18)6-4-12;1-3-2/h3-6,10-11,19H,7-9H2,1-2H3,(H2,20,21);3H2,1-2H3/t10-,11?;/m1./s1. The maximum atomic E-state index is 12.4. The van der Waals surface area contributed by atoms with Crippen molar-refractivity contribution in [3.63, 3.8) is 0 Å². The van der Waals surface area contributed by atoms with Gasteiger partial charge >= 0.3 is 0 Å². The highest BCUT2D eigenvalue weighted by Gasteiger charge is 2.59. The van der Waals surface area contributed by atoms with E-state index < -0.39 is 6.04 Å². The zero-order chi connectivity index (χ0) is 20.2. The monoisotopic (exact) mass is 392 g/mol. The summed E-state index contributed by atoms with van der Waals surface area (Å²) < 4.78 is 5.21. The quantitative estimate of drug-likeness (QED) is 0.605. The van der Waals surface area contributed by atoms with Crippen molar-refractivity contribution < 1.29 is 9.53 Å². The zero-order valence-corrected chi connectivity index (χ0v) is 17.2. The molecule has 1 unspecified atom stereocenters. The van der Waals surface area contributed by atoms with Crippen molar-refractivity contribution >= 4 is 29.4 Å². The fourth-order valence-electron chi connectivity index (χ4n) is 3.11. The van der Waals surface area contributed by atoms with Crippen LogP contribution in [0, 0.1) is 10.8 Å². The second-order valence-electron chi connectivity index (χ2n) is 7.29. The average Bonchev–Trinajstić information content (AvgIpc) is 3.42. The highest BCUT2D eigenvalue weighted by atomic mass is 35.5. The number of nitrogens with two attached hydrogens (primary N) is 1. The molecule has 0 bridgehead atoms. The number of carbonyl (C=O) groups is 1. The summed E-state index contributed by atoms with van der Waals surface area (Å²) in [6.07, 6.45) is 3.66. The number of amidine groups is 1. The summed E-state index contributed by atoms with van der Waals surface area (Å²) in [4.78, 5) is 18.3. The third-order valence-electron chi connectivity index (χ3n) is 5.01. The molecule has 1 aromatic carbocycles. The first kappa shape index (κ1) is 21.2. The number of nitrogens with one attached hydrogen (secondary N) is 1. The largest absolute Gasteiger partial charge is 0.407 e. The number of halogens is 1.